The van der Waals surface area contributed by atoms with Crippen LogP contribution in [0.2, 0.25) is 0 Å². The monoisotopic (exact) mass is 268 g/mol. The van der Waals surface area contributed by atoms with E-state index < -0.39 is 0 Å². The molecule has 1 aliphatic carbocycles. The number of ether oxygens (including phenoxy) is 1. The maximum Gasteiger partial charge on any atom is 0.313 e. The molecule has 0 aliphatic heterocycles. The van der Waals surface area contributed by atoms with Gasteiger partial charge in [-0.2, -0.15) is 0 Å². The van der Waals surface area contributed by atoms with Crippen molar-refractivity contribution in [3.63, 3.8) is 0 Å². The van der Waals surface area contributed by atoms with Crippen molar-refractivity contribution in [1.29, 1.82) is 0 Å². The highest BCUT2D eigenvalue weighted by molar-refractivity contribution is 5.94. The van der Waals surface area contributed by atoms with E-state index in [4.69, 9.17) is 4.74 Å². The van der Waals surface area contributed by atoms with Crippen LogP contribution in [0.5, 0.6) is 0 Å². The molecule has 1 rings (SSSR count). The third-order valence-corrected chi connectivity index (χ3v) is 2.58. The lowest BCUT2D eigenvalue weighted by molar-refractivity contribution is -0.152. The molecule has 0 radical (unpaired) electrons. The molecule has 2 atom stereocenters. The minimum Gasteiger partial charge on any atom is -0.462 e. The summed E-state index contributed by atoms with van der Waals surface area (Å²) in [6.07, 6.45) is 13.5. The molecular formula is C16H28O3. The number of esters is 1. The molecule has 3 nitrogen and oxygen atoms in total. The summed E-state index contributed by atoms with van der Waals surface area (Å²) in [4.78, 5) is 21.8. The summed E-state index contributed by atoms with van der Waals surface area (Å²) in [7, 11) is 0. The maximum atomic E-state index is 11.2. The summed E-state index contributed by atoms with van der Waals surface area (Å²) in [5.74, 6) is 0.148. The Labute approximate surface area is 118 Å². The average molecular weight is 268 g/mol. The van der Waals surface area contributed by atoms with Crippen LogP contribution >= 0.6 is 0 Å². The number of ketones is 1. The van der Waals surface area contributed by atoms with E-state index >= 15 is 0 Å². The van der Waals surface area contributed by atoms with Crippen LogP contribution in [0, 0.1) is 18.8 Å². The summed E-state index contributed by atoms with van der Waals surface area (Å²) < 4.78 is 5.21. The molecule has 0 aromatic carbocycles. The fourth-order valence-corrected chi connectivity index (χ4v) is 1.92. The zero-order valence-electron chi connectivity index (χ0n) is 12.8. The number of hydrogen-bond acceptors (Lipinski definition) is 3. The number of hydrogen-bond donors (Lipinski definition) is 0. The van der Waals surface area contributed by atoms with E-state index in [0.29, 0.717) is 5.92 Å². The van der Waals surface area contributed by atoms with Gasteiger partial charge in [-0.15, -0.1) is 12.8 Å². The number of carbonyl (C=O) groups is 2. The van der Waals surface area contributed by atoms with Gasteiger partial charge >= 0.3 is 5.97 Å². The van der Waals surface area contributed by atoms with Gasteiger partial charge in [0.1, 0.15) is 18.3 Å². The summed E-state index contributed by atoms with van der Waals surface area (Å²) in [6.45, 7) is 7.83. The van der Waals surface area contributed by atoms with Crippen molar-refractivity contribution >= 4 is 11.8 Å². The zero-order chi connectivity index (χ0) is 15.3. The second-order valence-electron chi connectivity index (χ2n) is 4.97. The Morgan fingerprint density at radius 3 is 2.16 bits per heavy atom. The van der Waals surface area contributed by atoms with Crippen LogP contribution in [0.4, 0.5) is 0 Å². The highest BCUT2D eigenvalue weighted by atomic mass is 16.5. The first-order chi connectivity index (χ1) is 8.99. The van der Waals surface area contributed by atoms with E-state index in [-0.39, 0.29) is 24.3 Å². The van der Waals surface area contributed by atoms with Gasteiger partial charge in [0.2, 0.25) is 0 Å². The molecule has 1 fully saturated rings. The van der Waals surface area contributed by atoms with Gasteiger partial charge in [-0.25, -0.2) is 0 Å². The molecule has 3 heteroatoms. The Hall–Kier alpha value is -1.30. The zero-order valence-corrected chi connectivity index (χ0v) is 12.8. The van der Waals surface area contributed by atoms with Crippen LogP contribution in [0.1, 0.15) is 66.2 Å². The summed E-state index contributed by atoms with van der Waals surface area (Å²) >= 11 is 0. The van der Waals surface area contributed by atoms with Crippen molar-refractivity contribution in [2.45, 2.75) is 72.3 Å². The predicted octanol–water partition coefficient (Wildman–Crippen LogP) is 3.75. The summed E-state index contributed by atoms with van der Waals surface area (Å²) in [6, 6.07) is 0. The van der Waals surface area contributed by atoms with E-state index in [1.165, 1.54) is 19.8 Å². The quantitative estimate of drug-likeness (QED) is 0.445. The van der Waals surface area contributed by atoms with Gasteiger partial charge in [-0.05, 0) is 32.1 Å². The third-order valence-electron chi connectivity index (χ3n) is 2.58. The second kappa shape index (κ2) is 13.1. The molecule has 19 heavy (non-hydrogen) atoms. The van der Waals surface area contributed by atoms with Crippen molar-refractivity contribution < 1.29 is 14.3 Å². The fourth-order valence-electron chi connectivity index (χ4n) is 1.92. The van der Waals surface area contributed by atoms with Gasteiger partial charge in [0.05, 0.1) is 0 Å². The Morgan fingerprint density at radius 2 is 1.74 bits per heavy atom. The van der Waals surface area contributed by atoms with E-state index in [1.807, 2.05) is 0 Å². The van der Waals surface area contributed by atoms with Crippen LogP contribution in [0.3, 0.4) is 0 Å². The van der Waals surface area contributed by atoms with Gasteiger partial charge in [-0.3, -0.25) is 9.59 Å². The number of Topliss-reactive ketones (excluding diaryl/α,β-unsaturated/α-hetero) is 1. The van der Waals surface area contributed by atoms with Gasteiger partial charge < -0.3 is 4.74 Å². The standard InChI is InChI=1S/C11H18O3.C3H8.C2H2/c1-8-4-3-5-10(6-8)14-11(13)7-9(2)12;1-3-2;1-2/h8,10H,3-7H2,1-2H3;3H2,1-2H3;1-2H/t8-,10+;;/m1../s1. The minimum atomic E-state index is -0.364. The van der Waals surface area contributed by atoms with Crippen molar-refractivity contribution in [3.05, 3.63) is 0 Å². The molecule has 0 bridgehead atoms. The second-order valence-corrected chi connectivity index (χ2v) is 4.97. The number of terminal acetylenes is 1. The topological polar surface area (TPSA) is 43.4 Å². The lowest BCUT2D eigenvalue weighted by Crippen LogP contribution is -2.25. The molecule has 0 unspecified atom stereocenters. The lowest BCUT2D eigenvalue weighted by Gasteiger charge is -2.26. The molecule has 1 aliphatic rings. The highest BCUT2D eigenvalue weighted by Crippen LogP contribution is 2.25. The Morgan fingerprint density at radius 1 is 1.21 bits per heavy atom. The molecule has 0 amide bonds. The van der Waals surface area contributed by atoms with E-state index in [0.717, 1.165) is 19.3 Å². The van der Waals surface area contributed by atoms with E-state index in [2.05, 4.69) is 33.6 Å². The molecule has 0 aromatic rings. The van der Waals surface area contributed by atoms with Crippen molar-refractivity contribution in [2.24, 2.45) is 5.92 Å². The summed E-state index contributed by atoms with van der Waals surface area (Å²) in [5.41, 5.74) is 0. The molecule has 110 valence electrons. The van der Waals surface area contributed by atoms with E-state index in [1.54, 1.807) is 0 Å². The molecular weight excluding hydrogens is 240 g/mol. The number of rotatable bonds is 3. The molecule has 1 saturated carbocycles. The first-order valence-electron chi connectivity index (χ1n) is 7.01. The first-order valence-corrected chi connectivity index (χ1v) is 7.01. The van der Waals surface area contributed by atoms with Crippen LogP contribution in [0.25, 0.3) is 0 Å². The van der Waals surface area contributed by atoms with Gasteiger partial charge in [0, 0.05) is 0 Å². The minimum absolute atomic E-state index is 0.0469. The number of carbonyl (C=O) groups excluding carboxylic acids is 2. The summed E-state index contributed by atoms with van der Waals surface area (Å²) in [5, 5.41) is 0. The molecule has 0 saturated heterocycles. The smallest absolute Gasteiger partial charge is 0.313 e. The highest BCUT2D eigenvalue weighted by Gasteiger charge is 2.22. The van der Waals surface area contributed by atoms with Crippen LogP contribution in [0.15, 0.2) is 0 Å². The van der Waals surface area contributed by atoms with Gasteiger partial charge in [0.25, 0.3) is 0 Å². The lowest BCUT2D eigenvalue weighted by atomic mass is 9.89. The molecule has 0 heterocycles. The fraction of sp³-hybridized carbons (Fsp3) is 0.750. The predicted molar refractivity (Wildman–Crippen MR) is 78.7 cm³/mol. The van der Waals surface area contributed by atoms with Crippen LogP contribution in [-0.2, 0) is 14.3 Å². The first kappa shape index (κ1) is 20.0. The van der Waals surface area contributed by atoms with Crippen molar-refractivity contribution in [1.82, 2.24) is 0 Å². The molecule has 0 spiro atoms. The van der Waals surface area contributed by atoms with Crippen molar-refractivity contribution in [2.75, 3.05) is 0 Å². The third kappa shape index (κ3) is 12.9. The van der Waals surface area contributed by atoms with Gasteiger partial charge in [0.15, 0.2) is 0 Å². The van der Waals surface area contributed by atoms with Crippen LogP contribution in [-0.4, -0.2) is 17.9 Å². The Bertz CT molecular complexity index is 268. The van der Waals surface area contributed by atoms with Crippen molar-refractivity contribution in [3.8, 4) is 12.8 Å². The Kier molecular flexibility index (Phi) is 13.8. The molecule has 0 N–H and O–H groups in total. The maximum absolute atomic E-state index is 11.2. The van der Waals surface area contributed by atoms with E-state index in [9.17, 15) is 9.59 Å². The van der Waals surface area contributed by atoms with Crippen LogP contribution < -0.4 is 0 Å². The Balaban J connectivity index is 0. The molecule has 0 aromatic heterocycles. The SMILES string of the molecule is C#C.CC(=O)CC(=O)O[C@H]1CCC[C@@H](C)C1.CCC. The largest absolute Gasteiger partial charge is 0.462 e. The normalized spacial score (nSPS) is 20.9. The average Bonchev–Trinajstić information content (AvgIpc) is 2.31. The van der Waals surface area contributed by atoms with Gasteiger partial charge in [-0.1, -0.05) is 33.6 Å².